The fraction of sp³-hybridized carbons (Fsp3) is 0. The van der Waals surface area contributed by atoms with Gasteiger partial charge in [-0.2, -0.15) is 24.8 Å². The first-order valence-corrected chi connectivity index (χ1v) is 6.01. The Morgan fingerprint density at radius 3 is 2.58 bits per heavy atom. The fourth-order valence-corrected chi connectivity index (χ4v) is 2.37. The SMILES string of the molecule is N#Cc1ccc(-c2c(Cl)nc3ncnn3c2Cl)cc1. The number of rotatable bonds is 1. The summed E-state index contributed by atoms with van der Waals surface area (Å²) < 4.78 is 1.40. The molecule has 5 nitrogen and oxygen atoms in total. The van der Waals surface area contributed by atoms with Crippen LogP contribution < -0.4 is 0 Å². The summed E-state index contributed by atoms with van der Waals surface area (Å²) in [6.07, 6.45) is 1.35. The van der Waals surface area contributed by atoms with Crippen molar-refractivity contribution < 1.29 is 0 Å². The van der Waals surface area contributed by atoms with E-state index in [0.29, 0.717) is 22.1 Å². The molecule has 0 bridgehead atoms. The topological polar surface area (TPSA) is 66.9 Å². The smallest absolute Gasteiger partial charge is 0.198 e. The number of halogens is 2. The molecule has 2 heterocycles. The zero-order chi connectivity index (χ0) is 13.4. The lowest BCUT2D eigenvalue weighted by molar-refractivity contribution is 0.942. The zero-order valence-electron chi connectivity index (χ0n) is 9.38. The van der Waals surface area contributed by atoms with Gasteiger partial charge in [-0.3, -0.25) is 0 Å². The number of hydrogen-bond donors (Lipinski definition) is 0. The van der Waals surface area contributed by atoms with Crippen molar-refractivity contribution in [1.29, 1.82) is 5.26 Å². The molecule has 0 N–H and O–H groups in total. The van der Waals surface area contributed by atoms with Crippen LogP contribution in [0.4, 0.5) is 0 Å². The Balaban J connectivity index is 2.26. The van der Waals surface area contributed by atoms with Gasteiger partial charge in [-0.25, -0.2) is 0 Å². The van der Waals surface area contributed by atoms with Crippen molar-refractivity contribution in [2.45, 2.75) is 0 Å². The van der Waals surface area contributed by atoms with Crippen LogP contribution in [0.15, 0.2) is 30.6 Å². The fourth-order valence-electron chi connectivity index (χ4n) is 1.73. The molecule has 0 aliphatic rings. The number of nitrogens with zero attached hydrogens (tertiary/aromatic N) is 5. The van der Waals surface area contributed by atoms with Gasteiger partial charge in [0.2, 0.25) is 0 Å². The summed E-state index contributed by atoms with van der Waals surface area (Å²) in [6.45, 7) is 0. The van der Waals surface area contributed by atoms with E-state index >= 15 is 0 Å². The number of aromatic nitrogens is 4. The van der Waals surface area contributed by atoms with Gasteiger partial charge in [0, 0.05) is 0 Å². The largest absolute Gasteiger partial charge is 0.255 e. The summed E-state index contributed by atoms with van der Waals surface area (Å²) in [6, 6.07) is 8.95. The third-order valence-corrected chi connectivity index (χ3v) is 3.25. The minimum absolute atomic E-state index is 0.246. The summed E-state index contributed by atoms with van der Waals surface area (Å²) in [5.41, 5.74) is 1.88. The highest BCUT2D eigenvalue weighted by atomic mass is 35.5. The summed E-state index contributed by atoms with van der Waals surface area (Å²) in [4.78, 5) is 8.05. The van der Waals surface area contributed by atoms with Gasteiger partial charge in [-0.1, -0.05) is 35.3 Å². The van der Waals surface area contributed by atoms with Gasteiger partial charge < -0.3 is 0 Å². The maximum atomic E-state index is 8.78. The third kappa shape index (κ3) is 1.91. The second-order valence-corrected chi connectivity index (χ2v) is 4.45. The molecule has 0 spiro atoms. The lowest BCUT2D eigenvalue weighted by Gasteiger charge is -2.07. The van der Waals surface area contributed by atoms with Gasteiger partial charge >= 0.3 is 0 Å². The molecule has 0 saturated heterocycles. The second-order valence-electron chi connectivity index (χ2n) is 3.73. The third-order valence-electron chi connectivity index (χ3n) is 2.63. The molecule has 92 valence electrons. The number of fused-ring (bicyclic) bond motifs is 1. The van der Waals surface area contributed by atoms with E-state index in [1.807, 2.05) is 0 Å². The quantitative estimate of drug-likeness (QED) is 0.646. The molecule has 19 heavy (non-hydrogen) atoms. The molecule has 0 radical (unpaired) electrons. The Morgan fingerprint density at radius 2 is 1.89 bits per heavy atom. The van der Waals surface area contributed by atoms with Crippen molar-refractivity contribution in [3.8, 4) is 17.2 Å². The maximum Gasteiger partial charge on any atom is 0.255 e. The number of hydrogen-bond acceptors (Lipinski definition) is 4. The minimum atomic E-state index is 0.246. The Labute approximate surface area is 118 Å². The summed E-state index contributed by atoms with van der Waals surface area (Å²) in [5, 5.41) is 13.3. The van der Waals surface area contributed by atoms with E-state index in [1.165, 1.54) is 10.8 Å². The van der Waals surface area contributed by atoms with Crippen molar-refractivity contribution >= 4 is 29.0 Å². The monoisotopic (exact) mass is 289 g/mol. The van der Waals surface area contributed by atoms with Crippen molar-refractivity contribution in [3.63, 3.8) is 0 Å². The van der Waals surface area contributed by atoms with E-state index in [0.717, 1.165) is 5.56 Å². The highest BCUT2D eigenvalue weighted by Crippen LogP contribution is 2.33. The zero-order valence-corrected chi connectivity index (χ0v) is 10.9. The molecule has 0 aliphatic heterocycles. The van der Waals surface area contributed by atoms with Crippen LogP contribution in [-0.2, 0) is 0 Å². The summed E-state index contributed by atoms with van der Waals surface area (Å²) in [5.74, 6) is 0.340. The maximum absolute atomic E-state index is 8.78. The molecule has 3 rings (SSSR count). The van der Waals surface area contributed by atoms with Gasteiger partial charge in [-0.15, -0.1) is 0 Å². The van der Waals surface area contributed by atoms with Crippen LogP contribution in [0.1, 0.15) is 5.56 Å². The Bertz CT molecular complexity index is 801. The molecule has 0 unspecified atom stereocenters. The van der Waals surface area contributed by atoms with E-state index in [9.17, 15) is 0 Å². The summed E-state index contributed by atoms with van der Waals surface area (Å²) in [7, 11) is 0. The predicted octanol–water partition coefficient (Wildman–Crippen LogP) is 2.97. The molecule has 0 saturated carbocycles. The first-order chi connectivity index (χ1) is 9.20. The van der Waals surface area contributed by atoms with Gasteiger partial charge in [0.15, 0.2) is 0 Å². The van der Waals surface area contributed by atoms with E-state index in [1.54, 1.807) is 24.3 Å². The predicted molar refractivity (Wildman–Crippen MR) is 71.0 cm³/mol. The highest BCUT2D eigenvalue weighted by molar-refractivity contribution is 6.38. The van der Waals surface area contributed by atoms with Crippen LogP contribution in [0.3, 0.4) is 0 Å². The molecular formula is C12H5Cl2N5. The first-order valence-electron chi connectivity index (χ1n) is 5.26. The van der Waals surface area contributed by atoms with Crippen molar-refractivity contribution in [2.24, 2.45) is 0 Å². The van der Waals surface area contributed by atoms with Gasteiger partial charge in [0.1, 0.15) is 16.6 Å². The molecule has 0 fully saturated rings. The molecule has 3 aromatic rings. The average molecular weight is 290 g/mol. The van der Waals surface area contributed by atoms with E-state index in [4.69, 9.17) is 28.5 Å². The molecule has 2 aromatic heterocycles. The van der Waals surface area contributed by atoms with Crippen molar-refractivity contribution in [1.82, 2.24) is 19.6 Å². The van der Waals surface area contributed by atoms with Crippen LogP contribution in [0.25, 0.3) is 16.9 Å². The second kappa shape index (κ2) is 4.50. The highest BCUT2D eigenvalue weighted by Gasteiger charge is 2.15. The average Bonchev–Trinajstić information content (AvgIpc) is 2.88. The lowest BCUT2D eigenvalue weighted by Crippen LogP contribution is -1.97. The van der Waals surface area contributed by atoms with E-state index in [2.05, 4.69) is 21.1 Å². The van der Waals surface area contributed by atoms with E-state index < -0.39 is 0 Å². The van der Waals surface area contributed by atoms with Crippen LogP contribution in [-0.4, -0.2) is 19.6 Å². The molecular weight excluding hydrogens is 285 g/mol. The first kappa shape index (κ1) is 11.9. The minimum Gasteiger partial charge on any atom is -0.198 e. The van der Waals surface area contributed by atoms with Crippen molar-refractivity contribution in [2.75, 3.05) is 0 Å². The van der Waals surface area contributed by atoms with Crippen molar-refractivity contribution in [3.05, 3.63) is 46.5 Å². The summed E-state index contributed by atoms with van der Waals surface area (Å²) >= 11 is 12.4. The van der Waals surface area contributed by atoms with E-state index in [-0.39, 0.29) is 5.15 Å². The molecule has 0 aliphatic carbocycles. The van der Waals surface area contributed by atoms with Gasteiger partial charge in [0.05, 0.1) is 17.2 Å². The van der Waals surface area contributed by atoms with Gasteiger partial charge in [-0.05, 0) is 17.7 Å². The van der Waals surface area contributed by atoms with Gasteiger partial charge in [0.25, 0.3) is 5.78 Å². The van der Waals surface area contributed by atoms with Crippen LogP contribution in [0, 0.1) is 11.3 Å². The normalized spacial score (nSPS) is 10.6. The Kier molecular flexibility index (Phi) is 2.82. The molecule has 7 heteroatoms. The van der Waals surface area contributed by atoms with Crippen LogP contribution >= 0.6 is 23.2 Å². The van der Waals surface area contributed by atoms with Crippen LogP contribution in [0.2, 0.25) is 10.3 Å². The molecule has 0 amide bonds. The molecule has 0 atom stereocenters. The number of nitriles is 1. The lowest BCUT2D eigenvalue weighted by atomic mass is 10.1. The Hall–Kier alpha value is -2.16. The molecule has 1 aromatic carbocycles. The number of benzene rings is 1. The standard InChI is InChI=1S/C12H5Cl2N5/c13-10-9(8-3-1-7(5-15)2-4-8)11(14)19-12(18-10)16-6-17-19/h1-4,6H. The Morgan fingerprint density at radius 1 is 1.16 bits per heavy atom. The van der Waals surface area contributed by atoms with Crippen LogP contribution in [0.5, 0.6) is 0 Å².